The Hall–Kier alpha value is -2.06. The van der Waals surface area contributed by atoms with Gasteiger partial charge in [0.2, 0.25) is 0 Å². The molecule has 0 aliphatic carbocycles. The van der Waals surface area contributed by atoms with Gasteiger partial charge in [-0.3, -0.25) is 4.90 Å². The lowest BCUT2D eigenvalue weighted by molar-refractivity contribution is 0.101. The lowest BCUT2D eigenvalue weighted by atomic mass is 9.80. The third kappa shape index (κ3) is 2.65. The van der Waals surface area contributed by atoms with Crippen LogP contribution in [0.5, 0.6) is 5.75 Å². The third-order valence-corrected chi connectivity index (χ3v) is 6.92. The zero-order valence-electron chi connectivity index (χ0n) is 16.9. The lowest BCUT2D eigenvalue weighted by Crippen LogP contribution is -2.45. The summed E-state index contributed by atoms with van der Waals surface area (Å²) < 4.78 is 5.69. The smallest absolute Gasteiger partial charge is 0.122 e. The van der Waals surface area contributed by atoms with E-state index in [1.807, 2.05) is 0 Å². The van der Waals surface area contributed by atoms with E-state index >= 15 is 0 Å². The molecule has 0 spiro atoms. The van der Waals surface area contributed by atoms with E-state index in [2.05, 4.69) is 56.0 Å². The van der Waals surface area contributed by atoms with Crippen molar-refractivity contribution in [2.45, 2.75) is 52.6 Å². The molecule has 0 bridgehead atoms. The number of nitrogens with zero attached hydrogens (tertiary/aromatic N) is 1. The van der Waals surface area contributed by atoms with Crippen LogP contribution in [0.25, 0.3) is 21.5 Å². The molecular weight excluding hydrogens is 330 g/mol. The van der Waals surface area contributed by atoms with Gasteiger partial charge >= 0.3 is 0 Å². The Morgan fingerprint density at radius 3 is 2.59 bits per heavy atom. The highest BCUT2D eigenvalue weighted by molar-refractivity contribution is 6.11. The number of hydrogen-bond donors (Lipinski definition) is 0. The van der Waals surface area contributed by atoms with Crippen LogP contribution >= 0.6 is 0 Å². The molecule has 2 atom stereocenters. The maximum absolute atomic E-state index is 5.69. The molecule has 2 heterocycles. The molecule has 0 saturated carbocycles. The number of hydrogen-bond acceptors (Lipinski definition) is 2. The molecule has 0 unspecified atom stereocenters. The van der Waals surface area contributed by atoms with E-state index in [1.54, 1.807) is 18.2 Å². The minimum absolute atomic E-state index is 0.694. The summed E-state index contributed by atoms with van der Waals surface area (Å²) in [6.07, 6.45) is 3.84. The van der Waals surface area contributed by atoms with Crippen LogP contribution in [0.1, 0.15) is 42.0 Å². The SMILES string of the molecule is COc1cc2c3c(c4ccc(C)cc4c2cc1C)CN1CC[C@H](C)C[C@@H]1C3. The molecule has 2 nitrogen and oxygen atoms in total. The summed E-state index contributed by atoms with van der Waals surface area (Å²) in [5.74, 6) is 1.86. The highest BCUT2D eigenvalue weighted by atomic mass is 16.5. The predicted octanol–water partition coefficient (Wildman–Crippen LogP) is 5.78. The van der Waals surface area contributed by atoms with Gasteiger partial charge in [0.15, 0.2) is 0 Å². The van der Waals surface area contributed by atoms with E-state index < -0.39 is 0 Å². The minimum atomic E-state index is 0.694. The van der Waals surface area contributed by atoms with Gasteiger partial charge in [-0.25, -0.2) is 0 Å². The van der Waals surface area contributed by atoms with Crippen molar-refractivity contribution in [2.24, 2.45) is 5.92 Å². The number of fused-ring (bicyclic) bond motifs is 7. The average Bonchev–Trinajstić information content (AvgIpc) is 2.66. The van der Waals surface area contributed by atoms with Crippen LogP contribution < -0.4 is 4.74 Å². The van der Waals surface area contributed by atoms with Crippen molar-refractivity contribution in [1.29, 1.82) is 0 Å². The highest BCUT2D eigenvalue weighted by Gasteiger charge is 2.33. The van der Waals surface area contributed by atoms with Gasteiger partial charge in [-0.1, -0.05) is 30.7 Å². The molecular formula is C25H29NO. The molecule has 0 amide bonds. The molecule has 2 aliphatic rings. The fourth-order valence-corrected chi connectivity index (χ4v) is 5.42. The summed E-state index contributed by atoms with van der Waals surface area (Å²) in [7, 11) is 1.79. The maximum atomic E-state index is 5.69. The Morgan fingerprint density at radius 1 is 0.963 bits per heavy atom. The van der Waals surface area contributed by atoms with Crippen LogP contribution in [0.2, 0.25) is 0 Å². The largest absolute Gasteiger partial charge is 0.496 e. The Labute approximate surface area is 162 Å². The molecule has 2 heteroatoms. The Morgan fingerprint density at radius 2 is 1.78 bits per heavy atom. The van der Waals surface area contributed by atoms with E-state index in [9.17, 15) is 0 Å². The van der Waals surface area contributed by atoms with E-state index in [0.29, 0.717) is 6.04 Å². The maximum Gasteiger partial charge on any atom is 0.122 e. The standard InChI is InChI=1S/C25H29NO/c1-15-5-6-19-20(10-15)21-11-17(3)25(27-4)13-23(21)22-12-18-9-16(2)7-8-26(18)14-24(19)22/h5-6,10-11,13,16,18H,7-9,12,14H2,1-4H3/t16-,18+/m0/s1. The second-order valence-corrected chi connectivity index (χ2v) is 8.83. The number of ether oxygens (including phenoxy) is 1. The molecule has 0 aromatic heterocycles. The van der Waals surface area contributed by atoms with Gasteiger partial charge in [0.05, 0.1) is 7.11 Å². The molecule has 2 aliphatic heterocycles. The van der Waals surface area contributed by atoms with Crippen LogP contribution in [0.15, 0.2) is 30.3 Å². The van der Waals surface area contributed by atoms with Crippen molar-refractivity contribution in [3.05, 3.63) is 52.6 Å². The van der Waals surface area contributed by atoms with Crippen LogP contribution in [-0.4, -0.2) is 24.6 Å². The van der Waals surface area contributed by atoms with Gasteiger partial charge in [0, 0.05) is 12.6 Å². The van der Waals surface area contributed by atoms with Crippen LogP contribution in [0.3, 0.4) is 0 Å². The number of benzene rings is 3. The number of rotatable bonds is 1. The van der Waals surface area contributed by atoms with E-state index in [0.717, 1.165) is 18.2 Å². The van der Waals surface area contributed by atoms with E-state index in [4.69, 9.17) is 4.74 Å². The zero-order valence-corrected chi connectivity index (χ0v) is 16.9. The van der Waals surface area contributed by atoms with Gasteiger partial charge < -0.3 is 4.74 Å². The molecule has 1 fully saturated rings. The van der Waals surface area contributed by atoms with Crippen molar-refractivity contribution in [1.82, 2.24) is 4.90 Å². The molecule has 0 radical (unpaired) electrons. The number of aryl methyl sites for hydroxylation is 2. The summed E-state index contributed by atoms with van der Waals surface area (Å²) in [6.45, 7) is 9.11. The zero-order chi connectivity index (χ0) is 18.7. The normalized spacial score (nSPS) is 22.7. The number of methoxy groups -OCH3 is 1. The first kappa shape index (κ1) is 17.1. The van der Waals surface area contributed by atoms with Crippen LogP contribution in [0.4, 0.5) is 0 Å². The second-order valence-electron chi connectivity index (χ2n) is 8.83. The van der Waals surface area contributed by atoms with E-state index in [-0.39, 0.29) is 0 Å². The summed E-state index contributed by atoms with van der Waals surface area (Å²) in [6, 6.07) is 12.3. The van der Waals surface area contributed by atoms with Crippen molar-refractivity contribution >= 4 is 21.5 Å². The molecule has 5 rings (SSSR count). The topological polar surface area (TPSA) is 12.5 Å². The molecule has 27 heavy (non-hydrogen) atoms. The molecule has 1 saturated heterocycles. The van der Waals surface area contributed by atoms with Gasteiger partial charge in [0.1, 0.15) is 5.75 Å². The summed E-state index contributed by atoms with van der Waals surface area (Å²) in [5.41, 5.74) is 5.67. The van der Waals surface area contributed by atoms with Gasteiger partial charge in [-0.15, -0.1) is 0 Å². The first-order valence-corrected chi connectivity index (χ1v) is 10.3. The fraction of sp³-hybridized carbons (Fsp3) is 0.440. The van der Waals surface area contributed by atoms with Gasteiger partial charge in [-0.05, 0) is 95.9 Å². The Kier molecular flexibility index (Phi) is 3.94. The lowest BCUT2D eigenvalue weighted by Gasteiger charge is -2.43. The first-order chi connectivity index (χ1) is 13.0. The molecule has 3 aromatic carbocycles. The Balaban J connectivity index is 1.83. The van der Waals surface area contributed by atoms with Crippen molar-refractivity contribution in [3.8, 4) is 5.75 Å². The monoisotopic (exact) mass is 359 g/mol. The molecule has 0 N–H and O–H groups in total. The molecule has 140 valence electrons. The minimum Gasteiger partial charge on any atom is -0.496 e. The van der Waals surface area contributed by atoms with Crippen molar-refractivity contribution < 1.29 is 4.74 Å². The highest BCUT2D eigenvalue weighted by Crippen LogP contribution is 2.42. The fourth-order valence-electron chi connectivity index (χ4n) is 5.42. The van der Waals surface area contributed by atoms with Crippen molar-refractivity contribution in [2.75, 3.05) is 13.7 Å². The average molecular weight is 360 g/mol. The first-order valence-electron chi connectivity index (χ1n) is 10.3. The quantitative estimate of drug-likeness (QED) is 0.511. The summed E-state index contributed by atoms with van der Waals surface area (Å²) in [4.78, 5) is 2.74. The van der Waals surface area contributed by atoms with Gasteiger partial charge in [-0.2, -0.15) is 0 Å². The summed E-state index contributed by atoms with van der Waals surface area (Å²) >= 11 is 0. The van der Waals surface area contributed by atoms with Gasteiger partial charge in [0.25, 0.3) is 0 Å². The second kappa shape index (κ2) is 6.24. The Bertz CT molecular complexity index is 1050. The number of piperidine rings is 1. The van der Waals surface area contributed by atoms with E-state index in [1.165, 1.54) is 58.5 Å². The van der Waals surface area contributed by atoms with Crippen LogP contribution in [0, 0.1) is 19.8 Å². The van der Waals surface area contributed by atoms with Crippen molar-refractivity contribution in [3.63, 3.8) is 0 Å². The summed E-state index contributed by atoms with van der Waals surface area (Å²) in [5, 5.41) is 5.65. The molecule has 3 aromatic rings. The van der Waals surface area contributed by atoms with Crippen LogP contribution in [-0.2, 0) is 13.0 Å². The third-order valence-electron chi connectivity index (χ3n) is 6.92. The predicted molar refractivity (Wildman–Crippen MR) is 114 cm³/mol.